The fourth-order valence-electron chi connectivity index (χ4n) is 2.16. The van der Waals surface area contributed by atoms with E-state index in [4.69, 9.17) is 17.3 Å². The van der Waals surface area contributed by atoms with Crippen molar-refractivity contribution in [2.75, 3.05) is 11.1 Å². The average molecular weight is 328 g/mol. The Morgan fingerprint density at radius 2 is 2.00 bits per heavy atom. The molecule has 1 heterocycles. The Morgan fingerprint density at radius 3 is 2.74 bits per heavy atom. The van der Waals surface area contributed by atoms with Crippen LogP contribution in [0.5, 0.6) is 0 Å². The predicted octanol–water partition coefficient (Wildman–Crippen LogP) is 3.06. The van der Waals surface area contributed by atoms with Crippen LogP contribution in [0.3, 0.4) is 0 Å². The zero-order valence-corrected chi connectivity index (χ0v) is 13.1. The zero-order chi connectivity index (χ0) is 16.4. The van der Waals surface area contributed by atoms with Gasteiger partial charge in [-0.15, -0.1) is 5.10 Å². The van der Waals surface area contributed by atoms with Crippen LogP contribution in [0.2, 0.25) is 5.02 Å². The van der Waals surface area contributed by atoms with Crippen molar-refractivity contribution in [3.05, 3.63) is 64.8 Å². The van der Waals surface area contributed by atoms with Crippen molar-refractivity contribution in [2.45, 2.75) is 6.92 Å². The molecule has 0 bridgehead atoms. The van der Waals surface area contributed by atoms with Gasteiger partial charge in [-0.3, -0.25) is 4.79 Å². The van der Waals surface area contributed by atoms with Gasteiger partial charge in [0.25, 0.3) is 5.91 Å². The summed E-state index contributed by atoms with van der Waals surface area (Å²) in [4.78, 5) is 12.3. The SMILES string of the molecule is Cc1cccc(NC(=O)c2nnn(-c3cccc(Cl)c3)c2N)c1. The second-order valence-electron chi connectivity index (χ2n) is 5.04. The van der Waals surface area contributed by atoms with Crippen LogP contribution in [0.15, 0.2) is 48.5 Å². The molecule has 0 aliphatic carbocycles. The Bertz CT molecular complexity index is 874. The topological polar surface area (TPSA) is 85.8 Å². The summed E-state index contributed by atoms with van der Waals surface area (Å²) in [5, 5.41) is 11.1. The number of halogens is 1. The molecule has 0 spiro atoms. The summed E-state index contributed by atoms with van der Waals surface area (Å²) >= 11 is 5.96. The van der Waals surface area contributed by atoms with Gasteiger partial charge in [0, 0.05) is 10.7 Å². The van der Waals surface area contributed by atoms with Crippen LogP contribution in [0.25, 0.3) is 5.69 Å². The predicted molar refractivity (Wildman–Crippen MR) is 89.9 cm³/mol. The lowest BCUT2D eigenvalue weighted by molar-refractivity contribution is 0.102. The number of benzene rings is 2. The van der Waals surface area contributed by atoms with Gasteiger partial charge < -0.3 is 11.1 Å². The van der Waals surface area contributed by atoms with Crippen LogP contribution in [0.4, 0.5) is 11.5 Å². The highest BCUT2D eigenvalue weighted by molar-refractivity contribution is 6.30. The van der Waals surface area contributed by atoms with Crippen molar-refractivity contribution in [1.82, 2.24) is 15.0 Å². The molecule has 2 aromatic carbocycles. The third kappa shape index (κ3) is 3.17. The molecule has 0 radical (unpaired) electrons. The van der Waals surface area contributed by atoms with E-state index in [0.717, 1.165) is 5.56 Å². The van der Waals surface area contributed by atoms with Crippen molar-refractivity contribution in [2.24, 2.45) is 0 Å². The molecule has 1 amide bonds. The highest BCUT2D eigenvalue weighted by atomic mass is 35.5. The summed E-state index contributed by atoms with van der Waals surface area (Å²) < 4.78 is 1.37. The minimum atomic E-state index is -0.415. The molecule has 6 nitrogen and oxygen atoms in total. The molecule has 3 rings (SSSR count). The molecular formula is C16H14ClN5O. The lowest BCUT2D eigenvalue weighted by atomic mass is 10.2. The summed E-state index contributed by atoms with van der Waals surface area (Å²) in [5.74, 6) is -0.265. The number of hydrogen-bond donors (Lipinski definition) is 2. The maximum Gasteiger partial charge on any atom is 0.280 e. The standard InChI is InChI=1S/C16H14ClN5O/c1-10-4-2-6-12(8-10)19-16(23)14-15(18)22(21-20-14)13-7-3-5-11(17)9-13/h2-9H,18H2,1H3,(H,19,23). The van der Waals surface area contributed by atoms with Gasteiger partial charge in [-0.05, 0) is 42.8 Å². The highest BCUT2D eigenvalue weighted by Crippen LogP contribution is 2.19. The van der Waals surface area contributed by atoms with E-state index in [2.05, 4.69) is 15.6 Å². The molecule has 1 aromatic heterocycles. The first kappa shape index (κ1) is 15.1. The molecule has 7 heteroatoms. The first-order valence-electron chi connectivity index (χ1n) is 6.90. The number of nitrogens with two attached hydrogens (primary N) is 1. The summed E-state index contributed by atoms with van der Waals surface area (Å²) in [5.41, 5.74) is 8.41. The second-order valence-corrected chi connectivity index (χ2v) is 5.48. The van der Waals surface area contributed by atoms with Gasteiger partial charge in [0.2, 0.25) is 0 Å². The normalized spacial score (nSPS) is 10.5. The van der Waals surface area contributed by atoms with E-state index in [0.29, 0.717) is 16.4 Å². The fraction of sp³-hybridized carbons (Fsp3) is 0.0625. The van der Waals surface area contributed by atoms with Crippen molar-refractivity contribution in [3.8, 4) is 5.69 Å². The van der Waals surface area contributed by atoms with Gasteiger partial charge in [-0.2, -0.15) is 4.68 Å². The molecule has 0 atom stereocenters. The van der Waals surface area contributed by atoms with Gasteiger partial charge in [0.1, 0.15) is 0 Å². The van der Waals surface area contributed by atoms with E-state index in [1.165, 1.54) is 4.68 Å². The average Bonchev–Trinajstić information content (AvgIpc) is 2.89. The number of nitrogens with zero attached hydrogens (tertiary/aromatic N) is 3. The van der Waals surface area contributed by atoms with Gasteiger partial charge in [0.15, 0.2) is 11.5 Å². The van der Waals surface area contributed by atoms with Crippen molar-refractivity contribution < 1.29 is 4.79 Å². The second kappa shape index (κ2) is 6.10. The van der Waals surface area contributed by atoms with Crippen LogP contribution in [0, 0.1) is 6.92 Å². The Balaban J connectivity index is 1.88. The number of anilines is 2. The maximum atomic E-state index is 12.3. The lowest BCUT2D eigenvalue weighted by Gasteiger charge is -2.05. The Morgan fingerprint density at radius 1 is 1.22 bits per heavy atom. The number of aromatic nitrogens is 3. The van der Waals surface area contributed by atoms with Crippen molar-refractivity contribution in [3.63, 3.8) is 0 Å². The Labute approximate surface area is 137 Å². The van der Waals surface area contributed by atoms with Crippen LogP contribution >= 0.6 is 11.6 Å². The summed E-state index contributed by atoms with van der Waals surface area (Å²) in [6.45, 7) is 1.94. The third-order valence-corrected chi connectivity index (χ3v) is 3.48. The number of hydrogen-bond acceptors (Lipinski definition) is 4. The molecule has 3 N–H and O–H groups in total. The minimum Gasteiger partial charge on any atom is -0.382 e. The molecule has 0 saturated heterocycles. The molecular weight excluding hydrogens is 314 g/mol. The van der Waals surface area contributed by atoms with Gasteiger partial charge in [-0.1, -0.05) is 35.0 Å². The summed E-state index contributed by atoms with van der Waals surface area (Å²) in [7, 11) is 0. The zero-order valence-electron chi connectivity index (χ0n) is 12.3. The number of amides is 1. The van der Waals surface area contributed by atoms with E-state index >= 15 is 0 Å². The van der Waals surface area contributed by atoms with E-state index in [-0.39, 0.29) is 11.5 Å². The maximum absolute atomic E-state index is 12.3. The van der Waals surface area contributed by atoms with Crippen LogP contribution in [-0.2, 0) is 0 Å². The van der Waals surface area contributed by atoms with Crippen LogP contribution < -0.4 is 11.1 Å². The minimum absolute atomic E-state index is 0.0616. The molecule has 116 valence electrons. The van der Waals surface area contributed by atoms with Gasteiger partial charge in [-0.25, -0.2) is 0 Å². The van der Waals surface area contributed by atoms with E-state index in [1.54, 1.807) is 30.3 Å². The smallest absolute Gasteiger partial charge is 0.280 e. The Hall–Kier alpha value is -2.86. The number of aryl methyl sites for hydroxylation is 1. The molecule has 3 aromatic rings. The Kier molecular flexibility index (Phi) is 3.99. The van der Waals surface area contributed by atoms with Crippen LogP contribution in [0.1, 0.15) is 16.1 Å². The molecule has 0 aliphatic heterocycles. The number of carbonyl (C=O) groups is 1. The molecule has 0 unspecified atom stereocenters. The fourth-order valence-corrected chi connectivity index (χ4v) is 2.35. The highest BCUT2D eigenvalue weighted by Gasteiger charge is 2.18. The van der Waals surface area contributed by atoms with Gasteiger partial charge >= 0.3 is 0 Å². The largest absolute Gasteiger partial charge is 0.382 e. The number of rotatable bonds is 3. The number of nitrogens with one attached hydrogen (secondary N) is 1. The summed E-state index contributed by atoms with van der Waals surface area (Å²) in [6, 6.07) is 14.4. The molecule has 0 fully saturated rings. The first-order chi connectivity index (χ1) is 11.0. The van der Waals surface area contributed by atoms with E-state index < -0.39 is 5.91 Å². The molecule has 23 heavy (non-hydrogen) atoms. The number of carbonyl (C=O) groups excluding carboxylic acids is 1. The number of nitrogen functional groups attached to an aromatic ring is 1. The summed E-state index contributed by atoms with van der Waals surface area (Å²) in [6.07, 6.45) is 0. The molecule has 0 saturated carbocycles. The monoisotopic (exact) mass is 327 g/mol. The van der Waals surface area contributed by atoms with E-state index in [1.807, 2.05) is 25.1 Å². The van der Waals surface area contributed by atoms with E-state index in [9.17, 15) is 4.79 Å². The van der Waals surface area contributed by atoms with Crippen molar-refractivity contribution >= 4 is 29.0 Å². The molecule has 0 aliphatic rings. The quantitative estimate of drug-likeness (QED) is 0.774. The third-order valence-electron chi connectivity index (χ3n) is 3.25. The van der Waals surface area contributed by atoms with Crippen molar-refractivity contribution in [1.29, 1.82) is 0 Å². The first-order valence-corrected chi connectivity index (χ1v) is 7.27. The van der Waals surface area contributed by atoms with Gasteiger partial charge in [0.05, 0.1) is 5.69 Å². The lowest BCUT2D eigenvalue weighted by Crippen LogP contribution is -2.15. The van der Waals surface area contributed by atoms with Crippen LogP contribution in [-0.4, -0.2) is 20.9 Å².